The molecule has 2 heterocycles. The molecule has 2 rings (SSSR count). The summed E-state index contributed by atoms with van der Waals surface area (Å²) in [6.45, 7) is 0. The number of carbonyl (C=O) groups excluding carboxylic acids is 1. The number of hydrogen-bond donors (Lipinski definition) is 3. The zero-order valence-electron chi connectivity index (χ0n) is 9.09. The summed E-state index contributed by atoms with van der Waals surface area (Å²) in [4.78, 5) is 23.6. The number of carbonyl (C=O) groups is 1. The van der Waals surface area contributed by atoms with Crippen LogP contribution in [-0.4, -0.2) is 20.9 Å². The SMILES string of the molecule is NNc1ccc(Cl)c(C(=O)Nc2cnccn2)n1. The average molecular weight is 265 g/mol. The molecule has 0 saturated heterocycles. The molecule has 0 radical (unpaired) electrons. The fourth-order valence-corrected chi connectivity index (χ4v) is 1.41. The topological polar surface area (TPSA) is 106 Å². The van der Waals surface area contributed by atoms with Gasteiger partial charge in [0.2, 0.25) is 0 Å². The van der Waals surface area contributed by atoms with Crippen LogP contribution in [0, 0.1) is 0 Å². The first kappa shape index (κ1) is 12.2. The standard InChI is InChI=1S/C10H9ClN6O/c11-6-1-2-7(17-12)15-9(6)10(18)16-8-5-13-3-4-14-8/h1-5H,12H2,(H,15,17)(H,14,16,18). The summed E-state index contributed by atoms with van der Waals surface area (Å²) in [6, 6.07) is 3.08. The Morgan fingerprint density at radius 1 is 1.28 bits per heavy atom. The molecule has 1 amide bonds. The molecule has 4 N–H and O–H groups in total. The van der Waals surface area contributed by atoms with Gasteiger partial charge in [0.05, 0.1) is 11.2 Å². The third kappa shape index (κ3) is 2.70. The fraction of sp³-hybridized carbons (Fsp3) is 0. The highest BCUT2D eigenvalue weighted by Crippen LogP contribution is 2.17. The van der Waals surface area contributed by atoms with Gasteiger partial charge in [0.1, 0.15) is 11.5 Å². The van der Waals surface area contributed by atoms with Gasteiger partial charge < -0.3 is 10.7 Å². The van der Waals surface area contributed by atoms with E-state index in [1.807, 2.05) is 0 Å². The number of nitrogens with one attached hydrogen (secondary N) is 2. The summed E-state index contributed by atoms with van der Waals surface area (Å²) in [6.07, 6.45) is 4.37. The van der Waals surface area contributed by atoms with Gasteiger partial charge in [0, 0.05) is 12.4 Å². The summed E-state index contributed by atoms with van der Waals surface area (Å²) >= 11 is 5.89. The number of hydrogen-bond acceptors (Lipinski definition) is 6. The summed E-state index contributed by atoms with van der Waals surface area (Å²) in [7, 11) is 0. The minimum absolute atomic E-state index is 0.0535. The van der Waals surface area contributed by atoms with Gasteiger partial charge in [-0.3, -0.25) is 9.78 Å². The molecule has 0 aliphatic heterocycles. The van der Waals surface area contributed by atoms with E-state index in [0.29, 0.717) is 11.6 Å². The molecule has 7 nitrogen and oxygen atoms in total. The zero-order valence-corrected chi connectivity index (χ0v) is 9.85. The van der Waals surface area contributed by atoms with Gasteiger partial charge in [0.25, 0.3) is 5.91 Å². The number of hydrazine groups is 1. The molecule has 0 aliphatic rings. The van der Waals surface area contributed by atoms with Crippen molar-refractivity contribution in [2.45, 2.75) is 0 Å². The monoisotopic (exact) mass is 264 g/mol. The van der Waals surface area contributed by atoms with Crippen LogP contribution in [0.25, 0.3) is 0 Å². The number of rotatable bonds is 3. The maximum absolute atomic E-state index is 11.9. The number of pyridine rings is 1. The van der Waals surface area contributed by atoms with Gasteiger partial charge in [-0.05, 0) is 12.1 Å². The highest BCUT2D eigenvalue weighted by Gasteiger charge is 2.13. The van der Waals surface area contributed by atoms with Crippen molar-refractivity contribution in [1.29, 1.82) is 0 Å². The lowest BCUT2D eigenvalue weighted by Gasteiger charge is -2.06. The van der Waals surface area contributed by atoms with Crippen LogP contribution in [0.1, 0.15) is 10.5 Å². The van der Waals surface area contributed by atoms with Crippen molar-refractivity contribution in [2.75, 3.05) is 10.7 Å². The predicted octanol–water partition coefficient (Wildman–Crippen LogP) is 1.06. The van der Waals surface area contributed by atoms with Crippen LogP contribution in [0.3, 0.4) is 0 Å². The van der Waals surface area contributed by atoms with E-state index in [2.05, 4.69) is 25.7 Å². The van der Waals surface area contributed by atoms with Crippen LogP contribution in [-0.2, 0) is 0 Å². The maximum Gasteiger partial charge on any atom is 0.277 e. The average Bonchev–Trinajstić information content (AvgIpc) is 2.40. The van der Waals surface area contributed by atoms with Crippen LogP contribution >= 0.6 is 11.6 Å². The molecule has 0 fully saturated rings. The minimum Gasteiger partial charge on any atom is -0.308 e. The first-order chi connectivity index (χ1) is 8.70. The lowest BCUT2D eigenvalue weighted by Crippen LogP contribution is -2.17. The number of amides is 1. The van der Waals surface area contributed by atoms with Gasteiger partial charge in [-0.2, -0.15) is 0 Å². The van der Waals surface area contributed by atoms with E-state index < -0.39 is 5.91 Å². The van der Waals surface area contributed by atoms with Crippen LogP contribution < -0.4 is 16.6 Å². The Kier molecular flexibility index (Phi) is 3.66. The maximum atomic E-state index is 11.9. The van der Waals surface area contributed by atoms with Crippen molar-refractivity contribution in [3.63, 3.8) is 0 Å². The normalized spacial score (nSPS) is 9.89. The van der Waals surface area contributed by atoms with Crippen LogP contribution in [0.15, 0.2) is 30.7 Å². The Morgan fingerprint density at radius 2 is 2.11 bits per heavy atom. The van der Waals surface area contributed by atoms with E-state index in [0.717, 1.165) is 0 Å². The molecule has 0 saturated carbocycles. The van der Waals surface area contributed by atoms with Gasteiger partial charge in [0.15, 0.2) is 5.82 Å². The van der Waals surface area contributed by atoms with Crippen molar-refractivity contribution in [2.24, 2.45) is 5.84 Å². The molecule has 0 aliphatic carbocycles. The number of aromatic nitrogens is 3. The van der Waals surface area contributed by atoms with Gasteiger partial charge in [-0.15, -0.1) is 0 Å². The quantitative estimate of drug-likeness (QED) is 0.565. The first-order valence-electron chi connectivity index (χ1n) is 4.91. The van der Waals surface area contributed by atoms with Gasteiger partial charge >= 0.3 is 0 Å². The summed E-state index contributed by atoms with van der Waals surface area (Å²) in [5.74, 6) is 5.37. The van der Waals surface area contributed by atoms with E-state index in [9.17, 15) is 4.79 Å². The number of nitrogens with two attached hydrogens (primary N) is 1. The van der Waals surface area contributed by atoms with Crippen molar-refractivity contribution >= 4 is 29.1 Å². The largest absolute Gasteiger partial charge is 0.308 e. The Morgan fingerprint density at radius 3 is 2.78 bits per heavy atom. The molecule has 0 spiro atoms. The molecule has 0 unspecified atom stereocenters. The number of halogens is 1. The van der Waals surface area contributed by atoms with Gasteiger partial charge in [-0.1, -0.05) is 11.6 Å². The van der Waals surface area contributed by atoms with Crippen molar-refractivity contribution in [3.8, 4) is 0 Å². The highest BCUT2D eigenvalue weighted by molar-refractivity contribution is 6.34. The van der Waals surface area contributed by atoms with E-state index in [-0.39, 0.29) is 10.7 Å². The summed E-state index contributed by atoms with van der Waals surface area (Å²) < 4.78 is 0. The molecule has 18 heavy (non-hydrogen) atoms. The highest BCUT2D eigenvalue weighted by atomic mass is 35.5. The molecular weight excluding hydrogens is 256 g/mol. The fourth-order valence-electron chi connectivity index (χ4n) is 1.22. The van der Waals surface area contributed by atoms with E-state index in [1.54, 1.807) is 6.07 Å². The van der Waals surface area contributed by atoms with E-state index in [4.69, 9.17) is 17.4 Å². The molecule has 0 atom stereocenters. The Balaban J connectivity index is 2.23. The summed E-state index contributed by atoms with van der Waals surface area (Å²) in [5.41, 5.74) is 2.39. The second kappa shape index (κ2) is 5.39. The Hall–Kier alpha value is -2.25. The molecule has 2 aromatic heterocycles. The number of nitrogen functional groups attached to an aromatic ring is 1. The van der Waals surface area contributed by atoms with E-state index in [1.165, 1.54) is 24.7 Å². The number of nitrogens with zero attached hydrogens (tertiary/aromatic N) is 3. The lowest BCUT2D eigenvalue weighted by molar-refractivity contribution is 0.102. The molecular formula is C10H9ClN6O. The minimum atomic E-state index is -0.488. The predicted molar refractivity (Wildman–Crippen MR) is 67.0 cm³/mol. The zero-order chi connectivity index (χ0) is 13.0. The van der Waals surface area contributed by atoms with E-state index >= 15 is 0 Å². The number of anilines is 2. The molecule has 8 heteroatoms. The third-order valence-corrected chi connectivity index (χ3v) is 2.32. The smallest absolute Gasteiger partial charge is 0.277 e. The van der Waals surface area contributed by atoms with Crippen molar-refractivity contribution < 1.29 is 4.79 Å². The van der Waals surface area contributed by atoms with Crippen molar-refractivity contribution in [1.82, 2.24) is 15.0 Å². The molecule has 0 aromatic carbocycles. The van der Waals surface area contributed by atoms with Crippen LogP contribution in [0.4, 0.5) is 11.6 Å². The Labute approximate surface area is 107 Å². The van der Waals surface area contributed by atoms with Crippen LogP contribution in [0.2, 0.25) is 5.02 Å². The molecule has 2 aromatic rings. The van der Waals surface area contributed by atoms with Crippen molar-refractivity contribution in [3.05, 3.63) is 41.4 Å². The Bertz CT molecular complexity index is 562. The second-order valence-electron chi connectivity index (χ2n) is 3.22. The lowest BCUT2D eigenvalue weighted by atomic mass is 10.3. The second-order valence-corrected chi connectivity index (χ2v) is 3.62. The molecule has 0 bridgehead atoms. The molecule has 92 valence electrons. The van der Waals surface area contributed by atoms with Gasteiger partial charge in [-0.25, -0.2) is 15.8 Å². The third-order valence-electron chi connectivity index (χ3n) is 2.01. The van der Waals surface area contributed by atoms with Crippen LogP contribution in [0.5, 0.6) is 0 Å². The first-order valence-corrected chi connectivity index (χ1v) is 5.29. The summed E-state index contributed by atoms with van der Waals surface area (Å²) in [5, 5.41) is 2.74.